The summed E-state index contributed by atoms with van der Waals surface area (Å²) in [5, 5.41) is 18.2. The minimum atomic E-state index is -0.373. The molecule has 3 heterocycles. The first kappa shape index (κ1) is 16.8. The van der Waals surface area contributed by atoms with Gasteiger partial charge in [0.1, 0.15) is 17.9 Å². The second kappa shape index (κ2) is 6.38. The van der Waals surface area contributed by atoms with Gasteiger partial charge in [-0.15, -0.1) is 0 Å². The van der Waals surface area contributed by atoms with Crippen molar-refractivity contribution in [1.29, 1.82) is 0 Å². The highest BCUT2D eigenvalue weighted by molar-refractivity contribution is 5.72. The van der Waals surface area contributed by atoms with Crippen LogP contribution in [0.1, 0.15) is 36.0 Å². The van der Waals surface area contributed by atoms with Crippen molar-refractivity contribution in [2.45, 2.75) is 31.9 Å². The Kier molecular flexibility index (Phi) is 3.83. The van der Waals surface area contributed by atoms with Crippen LogP contribution in [0.15, 0.2) is 46.0 Å². The van der Waals surface area contributed by atoms with Crippen molar-refractivity contribution in [3.63, 3.8) is 0 Å². The lowest BCUT2D eigenvalue weighted by Crippen LogP contribution is -2.22. The fraction of sp³-hybridized carbons (Fsp3) is 0.263. The molecule has 1 aliphatic rings. The molecular formula is C19H16FN5O3. The van der Waals surface area contributed by atoms with Crippen LogP contribution in [-0.2, 0) is 13.2 Å². The van der Waals surface area contributed by atoms with E-state index in [4.69, 9.17) is 4.52 Å². The maximum atomic E-state index is 13.2. The van der Waals surface area contributed by atoms with Crippen LogP contribution in [0.4, 0.5) is 4.39 Å². The zero-order chi connectivity index (χ0) is 19.3. The second-order valence-corrected chi connectivity index (χ2v) is 6.84. The first-order valence-electron chi connectivity index (χ1n) is 8.94. The summed E-state index contributed by atoms with van der Waals surface area (Å²) in [4.78, 5) is 17.4. The van der Waals surface area contributed by atoms with E-state index in [1.807, 2.05) is 0 Å². The molecule has 0 aliphatic heterocycles. The van der Waals surface area contributed by atoms with Crippen molar-refractivity contribution in [2.24, 2.45) is 0 Å². The monoisotopic (exact) mass is 381 g/mol. The lowest BCUT2D eigenvalue weighted by molar-refractivity contribution is 0.283. The molecule has 0 bridgehead atoms. The molecule has 0 unspecified atom stereocenters. The van der Waals surface area contributed by atoms with Crippen LogP contribution in [0.3, 0.4) is 0 Å². The first-order chi connectivity index (χ1) is 13.6. The van der Waals surface area contributed by atoms with Crippen LogP contribution in [0, 0.1) is 5.82 Å². The molecular weight excluding hydrogens is 365 g/mol. The molecule has 28 heavy (non-hydrogen) atoms. The van der Waals surface area contributed by atoms with Gasteiger partial charge in [0.2, 0.25) is 5.89 Å². The number of halogens is 1. The molecule has 0 saturated heterocycles. The van der Waals surface area contributed by atoms with E-state index in [0.717, 1.165) is 12.8 Å². The Hall–Kier alpha value is -3.33. The van der Waals surface area contributed by atoms with Gasteiger partial charge in [-0.05, 0) is 37.1 Å². The third-order valence-corrected chi connectivity index (χ3v) is 4.87. The molecule has 0 spiro atoms. The molecule has 1 aromatic carbocycles. The fourth-order valence-corrected chi connectivity index (χ4v) is 3.25. The molecule has 4 aromatic rings. The van der Waals surface area contributed by atoms with Crippen LogP contribution < -0.4 is 5.56 Å². The van der Waals surface area contributed by atoms with E-state index in [1.54, 1.807) is 24.5 Å². The van der Waals surface area contributed by atoms with E-state index in [9.17, 15) is 14.3 Å². The summed E-state index contributed by atoms with van der Waals surface area (Å²) in [5.41, 5.74) is 1.36. The van der Waals surface area contributed by atoms with Gasteiger partial charge in [-0.25, -0.2) is 8.91 Å². The van der Waals surface area contributed by atoms with Crippen molar-refractivity contribution in [2.75, 3.05) is 0 Å². The quantitative estimate of drug-likeness (QED) is 0.568. The Bertz CT molecular complexity index is 1220. The minimum Gasteiger partial charge on any atom is -0.392 e. The molecule has 3 aromatic heterocycles. The smallest absolute Gasteiger partial charge is 0.277 e. The van der Waals surface area contributed by atoms with Gasteiger partial charge in [0, 0.05) is 29.4 Å². The maximum absolute atomic E-state index is 13.2. The Balaban J connectivity index is 1.57. The number of aliphatic hydroxyl groups excluding tert-OH is 1. The summed E-state index contributed by atoms with van der Waals surface area (Å²) < 4.78 is 21.3. The fourth-order valence-electron chi connectivity index (χ4n) is 3.25. The summed E-state index contributed by atoms with van der Waals surface area (Å²) in [6.45, 7) is -0.237. The van der Waals surface area contributed by atoms with E-state index in [1.165, 1.54) is 21.2 Å². The summed E-state index contributed by atoms with van der Waals surface area (Å²) in [7, 11) is 0. The highest BCUT2D eigenvalue weighted by atomic mass is 19.1. The number of hydrogen-bond donors (Lipinski definition) is 1. The predicted molar refractivity (Wildman–Crippen MR) is 96.1 cm³/mol. The number of benzene rings is 1. The zero-order valence-corrected chi connectivity index (χ0v) is 14.7. The molecule has 1 aliphatic carbocycles. The first-order valence-corrected chi connectivity index (χ1v) is 8.94. The van der Waals surface area contributed by atoms with Gasteiger partial charge < -0.3 is 14.2 Å². The van der Waals surface area contributed by atoms with Crippen LogP contribution in [-0.4, -0.2) is 29.4 Å². The summed E-state index contributed by atoms with van der Waals surface area (Å²) in [5.74, 6) is 1.04. The Labute approximate surface area is 157 Å². The van der Waals surface area contributed by atoms with Crippen molar-refractivity contribution in [1.82, 2.24) is 24.3 Å². The molecule has 0 radical (unpaired) electrons. The highest BCUT2D eigenvalue weighted by Crippen LogP contribution is 2.38. The van der Waals surface area contributed by atoms with Crippen molar-refractivity contribution >= 4 is 5.52 Å². The normalized spacial score (nSPS) is 14.1. The van der Waals surface area contributed by atoms with Crippen LogP contribution in [0.25, 0.3) is 16.8 Å². The number of hydrogen-bond acceptors (Lipinski definition) is 6. The number of aromatic nitrogens is 5. The molecule has 1 saturated carbocycles. The van der Waals surface area contributed by atoms with Crippen LogP contribution in [0.2, 0.25) is 0 Å². The van der Waals surface area contributed by atoms with Crippen molar-refractivity contribution in [3.8, 4) is 11.3 Å². The third-order valence-electron chi connectivity index (χ3n) is 4.87. The van der Waals surface area contributed by atoms with Crippen molar-refractivity contribution < 1.29 is 14.0 Å². The standard InChI is InChI=1S/C19H16FN5O3/c20-13-5-3-11(4-6-13)16-14(10-26)17-19(27)24(7-8-25(17)22-16)9-15-21-18(23-28-15)12-1-2-12/h3-8,12,26H,1-2,9-10H2. The number of nitrogens with zero attached hydrogens (tertiary/aromatic N) is 5. The molecule has 142 valence electrons. The van der Waals surface area contributed by atoms with Crippen LogP contribution >= 0.6 is 0 Å². The molecule has 8 nitrogen and oxygen atoms in total. The number of rotatable bonds is 5. The topological polar surface area (TPSA) is 98.4 Å². The van der Waals surface area contributed by atoms with Crippen molar-refractivity contribution in [3.05, 3.63) is 70.1 Å². The summed E-state index contributed by atoms with van der Waals surface area (Å²) >= 11 is 0. The molecule has 1 fully saturated rings. The second-order valence-electron chi connectivity index (χ2n) is 6.84. The van der Waals surface area contributed by atoms with Gasteiger partial charge in [0.25, 0.3) is 5.56 Å². The van der Waals surface area contributed by atoms with Gasteiger partial charge in [-0.2, -0.15) is 10.1 Å². The summed E-state index contributed by atoms with van der Waals surface area (Å²) in [6, 6.07) is 5.75. The van der Waals surface area contributed by atoms with E-state index < -0.39 is 0 Å². The number of fused-ring (bicyclic) bond motifs is 1. The third kappa shape index (κ3) is 2.80. The van der Waals surface area contributed by atoms with Gasteiger partial charge in [-0.3, -0.25) is 4.79 Å². The maximum Gasteiger partial charge on any atom is 0.277 e. The average molecular weight is 381 g/mol. The Morgan fingerprint density at radius 1 is 1.21 bits per heavy atom. The van der Waals surface area contributed by atoms with Gasteiger partial charge in [0.05, 0.1) is 12.3 Å². The average Bonchev–Trinajstić information content (AvgIpc) is 3.32. The molecule has 0 atom stereocenters. The molecule has 5 rings (SSSR count). The highest BCUT2D eigenvalue weighted by Gasteiger charge is 2.29. The predicted octanol–water partition coefficient (Wildman–Crippen LogP) is 2.10. The van der Waals surface area contributed by atoms with E-state index in [2.05, 4.69) is 15.2 Å². The Morgan fingerprint density at radius 2 is 2.00 bits per heavy atom. The molecule has 1 N–H and O–H groups in total. The van der Waals surface area contributed by atoms with E-state index in [-0.39, 0.29) is 30.0 Å². The molecule has 0 amide bonds. The van der Waals surface area contributed by atoms with Crippen LogP contribution in [0.5, 0.6) is 0 Å². The van der Waals surface area contributed by atoms with Gasteiger partial charge in [0.15, 0.2) is 5.82 Å². The van der Waals surface area contributed by atoms with Gasteiger partial charge in [-0.1, -0.05) is 5.16 Å². The lowest BCUT2D eigenvalue weighted by Gasteiger charge is -2.03. The Morgan fingerprint density at radius 3 is 2.71 bits per heavy atom. The number of aliphatic hydroxyl groups is 1. The minimum absolute atomic E-state index is 0.136. The zero-order valence-electron chi connectivity index (χ0n) is 14.7. The summed E-state index contributed by atoms with van der Waals surface area (Å²) in [6.07, 6.45) is 5.33. The van der Waals surface area contributed by atoms with E-state index in [0.29, 0.717) is 34.5 Å². The lowest BCUT2D eigenvalue weighted by atomic mass is 10.1. The molecule has 9 heteroatoms. The van der Waals surface area contributed by atoms with Gasteiger partial charge >= 0.3 is 0 Å². The largest absolute Gasteiger partial charge is 0.392 e. The van der Waals surface area contributed by atoms with E-state index >= 15 is 0 Å². The SMILES string of the molecule is O=c1c2c(CO)c(-c3ccc(F)cc3)nn2ccn1Cc1nc(C2CC2)no1.